The van der Waals surface area contributed by atoms with Gasteiger partial charge in [0.1, 0.15) is 5.75 Å². The van der Waals surface area contributed by atoms with Crippen LogP contribution in [0.3, 0.4) is 0 Å². The Balaban J connectivity index is 2.67. The van der Waals surface area contributed by atoms with Crippen molar-refractivity contribution in [1.29, 1.82) is 0 Å². The number of nitrogens with one attached hydrogen (secondary N) is 1. The van der Waals surface area contributed by atoms with Gasteiger partial charge >= 0.3 is 6.18 Å². The fourth-order valence-electron chi connectivity index (χ4n) is 2.26. The van der Waals surface area contributed by atoms with Crippen molar-refractivity contribution in [3.05, 3.63) is 23.8 Å². The molecule has 2 rings (SSSR count). The molecule has 2 aromatic rings. The number of nitrogens with zero attached hydrogens (tertiary/aromatic N) is 1. The summed E-state index contributed by atoms with van der Waals surface area (Å²) in [6.45, 7) is 3.25. The van der Waals surface area contributed by atoms with E-state index in [1.807, 2.05) is 5.32 Å². The lowest BCUT2D eigenvalue weighted by molar-refractivity contribution is -0.136. The molecule has 1 aromatic carbocycles. The summed E-state index contributed by atoms with van der Waals surface area (Å²) >= 11 is 0. The quantitative estimate of drug-likeness (QED) is 0.563. The number of rotatable bonds is 6. The highest BCUT2D eigenvalue weighted by molar-refractivity contribution is 5.89. The van der Waals surface area contributed by atoms with Crippen molar-refractivity contribution in [3.8, 4) is 11.6 Å². The predicted octanol–water partition coefficient (Wildman–Crippen LogP) is 5.02. The molecular weight excluding hydrogens is 366 g/mol. The number of fused-ring (bicyclic) bond motifs is 1. The van der Waals surface area contributed by atoms with E-state index in [1.54, 1.807) is 13.8 Å². The van der Waals surface area contributed by atoms with Crippen LogP contribution < -0.4 is 14.8 Å². The predicted molar refractivity (Wildman–Crippen MR) is 83.6 cm³/mol. The number of ether oxygens (including phenoxy) is 2. The molecule has 1 N–H and O–H groups in total. The Hall–Kier alpha value is -2.39. The molecule has 0 amide bonds. The number of halogens is 6. The number of hydrogen-bond acceptors (Lipinski definition) is 4. The van der Waals surface area contributed by atoms with Crippen LogP contribution in [0.1, 0.15) is 19.4 Å². The highest BCUT2D eigenvalue weighted by atomic mass is 19.4. The van der Waals surface area contributed by atoms with Crippen molar-refractivity contribution in [1.82, 2.24) is 4.98 Å². The molecule has 10 heteroatoms. The van der Waals surface area contributed by atoms with Crippen molar-refractivity contribution in [3.63, 3.8) is 0 Å². The fourth-order valence-corrected chi connectivity index (χ4v) is 2.26. The van der Waals surface area contributed by atoms with Gasteiger partial charge in [-0.05, 0) is 19.9 Å². The van der Waals surface area contributed by atoms with E-state index in [1.165, 1.54) is 7.11 Å². The fraction of sp³-hybridized carbons (Fsp3) is 0.438. The Morgan fingerprint density at radius 1 is 1.08 bits per heavy atom. The van der Waals surface area contributed by atoms with Gasteiger partial charge in [-0.1, -0.05) is 0 Å². The molecule has 4 nitrogen and oxygen atoms in total. The molecule has 0 aliphatic rings. The van der Waals surface area contributed by atoms with Crippen LogP contribution in [0.25, 0.3) is 10.9 Å². The number of anilines is 1. The first-order chi connectivity index (χ1) is 12.0. The maximum Gasteiger partial charge on any atom is 0.417 e. The third kappa shape index (κ3) is 4.41. The summed E-state index contributed by atoms with van der Waals surface area (Å²) in [6, 6.07) is 2.68. The SMILES string of the molecule is COc1cc2nc(OC(C)C)cc(C(F)(F)F)c2cc1NC(F)C(F)F. The normalized spacial score (nSPS) is 13.3. The third-order valence-corrected chi connectivity index (χ3v) is 3.28. The lowest BCUT2D eigenvalue weighted by Crippen LogP contribution is -2.22. The van der Waals surface area contributed by atoms with E-state index < -0.39 is 36.0 Å². The average molecular weight is 382 g/mol. The highest BCUT2D eigenvalue weighted by Crippen LogP contribution is 2.40. The Bertz CT molecular complexity index is 779. The summed E-state index contributed by atoms with van der Waals surface area (Å²) < 4.78 is 88.5. The van der Waals surface area contributed by atoms with E-state index in [9.17, 15) is 26.3 Å². The summed E-state index contributed by atoms with van der Waals surface area (Å²) in [4.78, 5) is 3.98. The minimum absolute atomic E-state index is 0.134. The Morgan fingerprint density at radius 3 is 2.23 bits per heavy atom. The smallest absolute Gasteiger partial charge is 0.417 e. The standard InChI is InChI=1S/C16H16F6N2O2/c1-7(2)26-13-5-9(16(20,21)22)8-4-11(24-15(19)14(17)18)12(25-3)6-10(8)23-13/h4-7,14-15,24H,1-3H3. The highest BCUT2D eigenvalue weighted by Gasteiger charge is 2.34. The molecule has 0 aliphatic heterocycles. The summed E-state index contributed by atoms with van der Waals surface area (Å²) in [5, 5.41) is 1.41. The summed E-state index contributed by atoms with van der Waals surface area (Å²) in [6.07, 6.45) is -11.3. The van der Waals surface area contributed by atoms with Crippen molar-refractivity contribution < 1.29 is 35.8 Å². The van der Waals surface area contributed by atoms with Crippen molar-refractivity contribution >= 4 is 16.6 Å². The third-order valence-electron chi connectivity index (χ3n) is 3.28. The summed E-state index contributed by atoms with van der Waals surface area (Å²) in [5.74, 6) is -0.387. The van der Waals surface area contributed by atoms with Gasteiger partial charge in [-0.15, -0.1) is 0 Å². The first-order valence-corrected chi connectivity index (χ1v) is 7.48. The van der Waals surface area contributed by atoms with E-state index in [4.69, 9.17) is 9.47 Å². The van der Waals surface area contributed by atoms with Crippen molar-refractivity contribution in [2.75, 3.05) is 12.4 Å². The number of benzene rings is 1. The van der Waals surface area contributed by atoms with Crippen LogP contribution in [-0.4, -0.2) is 30.9 Å². The molecule has 0 spiro atoms. The number of hydrogen-bond donors (Lipinski definition) is 1. The van der Waals surface area contributed by atoms with Crippen LogP contribution >= 0.6 is 0 Å². The topological polar surface area (TPSA) is 43.4 Å². The van der Waals surface area contributed by atoms with Gasteiger partial charge in [0.15, 0.2) is 0 Å². The van der Waals surface area contributed by atoms with Gasteiger partial charge in [-0.3, -0.25) is 0 Å². The monoisotopic (exact) mass is 382 g/mol. The maximum atomic E-state index is 13.4. The molecule has 0 bridgehead atoms. The summed E-state index contributed by atoms with van der Waals surface area (Å²) in [7, 11) is 1.17. The van der Waals surface area contributed by atoms with Crippen LogP contribution in [0.2, 0.25) is 0 Å². The second-order valence-electron chi connectivity index (χ2n) is 5.62. The molecule has 26 heavy (non-hydrogen) atoms. The van der Waals surface area contributed by atoms with Crippen molar-refractivity contribution in [2.24, 2.45) is 0 Å². The van der Waals surface area contributed by atoms with Crippen LogP contribution in [0, 0.1) is 0 Å². The Morgan fingerprint density at radius 2 is 1.73 bits per heavy atom. The molecule has 1 heterocycles. The molecule has 1 unspecified atom stereocenters. The number of aromatic nitrogens is 1. The Kier molecular flexibility index (Phi) is 5.72. The lowest BCUT2D eigenvalue weighted by atomic mass is 10.1. The molecule has 0 fully saturated rings. The molecule has 1 atom stereocenters. The minimum atomic E-state index is -4.76. The van der Waals surface area contributed by atoms with E-state index >= 15 is 0 Å². The van der Waals surface area contributed by atoms with Crippen LogP contribution in [-0.2, 0) is 6.18 Å². The first kappa shape index (κ1) is 19.9. The second-order valence-corrected chi connectivity index (χ2v) is 5.62. The maximum absolute atomic E-state index is 13.4. The molecule has 1 aromatic heterocycles. The Labute approximate surface area is 145 Å². The van der Waals surface area contributed by atoms with Crippen LogP contribution in [0.5, 0.6) is 11.6 Å². The van der Waals surface area contributed by atoms with Gasteiger partial charge in [0.25, 0.3) is 6.43 Å². The number of methoxy groups -OCH3 is 1. The molecule has 0 radical (unpaired) electrons. The number of alkyl halides is 6. The van der Waals surface area contributed by atoms with Gasteiger partial charge < -0.3 is 14.8 Å². The zero-order valence-corrected chi connectivity index (χ0v) is 14.0. The first-order valence-electron chi connectivity index (χ1n) is 7.48. The molecule has 144 valence electrons. The zero-order chi connectivity index (χ0) is 19.6. The van der Waals surface area contributed by atoms with Crippen LogP contribution in [0.4, 0.5) is 32.0 Å². The van der Waals surface area contributed by atoms with Gasteiger partial charge in [0.2, 0.25) is 12.2 Å². The van der Waals surface area contributed by atoms with Crippen molar-refractivity contribution in [2.45, 2.75) is 38.8 Å². The molecule has 0 saturated heterocycles. The average Bonchev–Trinajstić information content (AvgIpc) is 2.52. The lowest BCUT2D eigenvalue weighted by Gasteiger charge is -2.18. The molecule has 0 aliphatic carbocycles. The molecule has 0 saturated carbocycles. The van der Waals surface area contributed by atoms with E-state index in [0.717, 1.165) is 12.1 Å². The largest absolute Gasteiger partial charge is 0.495 e. The minimum Gasteiger partial charge on any atom is -0.495 e. The van der Waals surface area contributed by atoms with Crippen LogP contribution in [0.15, 0.2) is 18.2 Å². The van der Waals surface area contributed by atoms with E-state index in [2.05, 4.69) is 4.98 Å². The van der Waals surface area contributed by atoms with E-state index in [-0.39, 0.29) is 22.8 Å². The summed E-state index contributed by atoms with van der Waals surface area (Å²) in [5.41, 5.74) is -1.57. The number of pyridine rings is 1. The zero-order valence-electron chi connectivity index (χ0n) is 14.0. The van der Waals surface area contributed by atoms with Gasteiger partial charge in [0, 0.05) is 17.5 Å². The van der Waals surface area contributed by atoms with E-state index in [0.29, 0.717) is 6.07 Å². The molecular formula is C16H16F6N2O2. The van der Waals surface area contributed by atoms with Gasteiger partial charge in [0.05, 0.1) is 30.0 Å². The van der Waals surface area contributed by atoms with Gasteiger partial charge in [-0.2, -0.15) is 13.2 Å². The second kappa shape index (κ2) is 7.46. The van der Waals surface area contributed by atoms with Gasteiger partial charge in [-0.25, -0.2) is 18.2 Å².